The highest BCUT2D eigenvalue weighted by Crippen LogP contribution is 2.28. The topological polar surface area (TPSA) is 90.0 Å². The van der Waals surface area contributed by atoms with E-state index < -0.39 is 0 Å². The third-order valence-electron chi connectivity index (χ3n) is 4.98. The summed E-state index contributed by atoms with van der Waals surface area (Å²) in [5.74, 6) is 0.580. The van der Waals surface area contributed by atoms with Crippen molar-refractivity contribution in [2.45, 2.75) is 58.5 Å². The number of nitrogens with one attached hydrogen (secondary N) is 1. The van der Waals surface area contributed by atoms with E-state index in [1.54, 1.807) is 16.9 Å². The maximum atomic E-state index is 12.6. The second kappa shape index (κ2) is 6.86. The zero-order chi connectivity index (χ0) is 18.1. The van der Waals surface area contributed by atoms with Gasteiger partial charge in [-0.05, 0) is 32.8 Å². The number of hydrogen-bond acceptors (Lipinski definition) is 5. The van der Waals surface area contributed by atoms with Gasteiger partial charge in [0.1, 0.15) is 12.0 Å². The van der Waals surface area contributed by atoms with Crippen LogP contribution in [-0.4, -0.2) is 35.3 Å². The Kier molecular flexibility index (Phi) is 4.40. The van der Waals surface area contributed by atoms with Crippen molar-refractivity contribution in [2.75, 3.05) is 0 Å². The monoisotopic (exact) mass is 353 g/mol. The third kappa shape index (κ3) is 3.18. The van der Waals surface area contributed by atoms with Crippen LogP contribution in [0.25, 0.3) is 5.65 Å². The molecule has 0 saturated heterocycles. The van der Waals surface area contributed by atoms with Crippen molar-refractivity contribution in [3.63, 3.8) is 0 Å². The Labute approximate surface area is 151 Å². The van der Waals surface area contributed by atoms with E-state index in [1.165, 1.54) is 19.3 Å². The molecular weight excluding hydrogens is 330 g/mol. The van der Waals surface area contributed by atoms with Crippen LogP contribution in [0.4, 0.5) is 0 Å². The molecule has 1 aliphatic carbocycles. The fourth-order valence-electron chi connectivity index (χ4n) is 3.66. The van der Waals surface area contributed by atoms with E-state index in [4.69, 9.17) is 0 Å². The zero-order valence-corrected chi connectivity index (χ0v) is 15.1. The molecule has 8 heteroatoms. The van der Waals surface area contributed by atoms with Gasteiger partial charge in [-0.3, -0.25) is 4.79 Å². The molecule has 1 aliphatic rings. The summed E-state index contributed by atoms with van der Waals surface area (Å²) in [5.41, 5.74) is 2.81. The van der Waals surface area contributed by atoms with Gasteiger partial charge in [-0.25, -0.2) is 9.50 Å². The summed E-state index contributed by atoms with van der Waals surface area (Å²) >= 11 is 0. The first-order valence-electron chi connectivity index (χ1n) is 9.12. The normalized spacial score (nSPS) is 15.5. The second-order valence-electron chi connectivity index (χ2n) is 6.97. The number of carbonyl (C=O) groups excluding carboxylic acids is 1. The lowest BCUT2D eigenvalue weighted by Crippen LogP contribution is -2.27. The first-order valence-corrected chi connectivity index (χ1v) is 9.12. The molecular formula is C18H23N7O. The Balaban J connectivity index is 1.48. The molecule has 0 radical (unpaired) electrons. The largest absolute Gasteiger partial charge is 0.343 e. The van der Waals surface area contributed by atoms with Gasteiger partial charge < -0.3 is 9.88 Å². The predicted octanol–water partition coefficient (Wildman–Crippen LogP) is 2.37. The summed E-state index contributed by atoms with van der Waals surface area (Å²) < 4.78 is 3.85. The molecule has 1 N–H and O–H groups in total. The van der Waals surface area contributed by atoms with Gasteiger partial charge in [-0.2, -0.15) is 5.10 Å². The average Bonchev–Trinajstić information content (AvgIpc) is 3.26. The van der Waals surface area contributed by atoms with Crippen molar-refractivity contribution in [2.24, 2.45) is 0 Å². The smallest absolute Gasteiger partial charge is 0.270 e. The van der Waals surface area contributed by atoms with Crippen LogP contribution in [0, 0.1) is 13.8 Å². The van der Waals surface area contributed by atoms with Gasteiger partial charge in [0, 0.05) is 17.8 Å². The van der Waals surface area contributed by atoms with Crippen molar-refractivity contribution >= 4 is 11.6 Å². The van der Waals surface area contributed by atoms with Gasteiger partial charge >= 0.3 is 0 Å². The van der Waals surface area contributed by atoms with Crippen LogP contribution in [0.2, 0.25) is 0 Å². The number of rotatable bonds is 4. The average molecular weight is 353 g/mol. The molecule has 3 aromatic heterocycles. The van der Waals surface area contributed by atoms with Crippen molar-refractivity contribution < 1.29 is 4.79 Å². The molecule has 1 amide bonds. The predicted molar refractivity (Wildman–Crippen MR) is 95.8 cm³/mol. The zero-order valence-electron chi connectivity index (χ0n) is 15.1. The number of hydrogen-bond donors (Lipinski definition) is 1. The number of nitrogens with zero attached hydrogens (tertiary/aromatic N) is 6. The molecule has 3 heterocycles. The first kappa shape index (κ1) is 16.7. The van der Waals surface area contributed by atoms with Crippen LogP contribution in [-0.2, 0) is 6.54 Å². The molecule has 1 saturated carbocycles. The maximum absolute atomic E-state index is 12.6. The van der Waals surface area contributed by atoms with E-state index in [0.29, 0.717) is 23.9 Å². The fraction of sp³-hybridized carbons (Fsp3) is 0.500. The quantitative estimate of drug-likeness (QED) is 0.778. The molecule has 4 rings (SSSR count). The minimum absolute atomic E-state index is 0.215. The summed E-state index contributed by atoms with van der Waals surface area (Å²) in [6.07, 6.45) is 7.85. The number of carbonyl (C=O) groups is 1. The molecule has 8 nitrogen and oxygen atoms in total. The summed E-state index contributed by atoms with van der Waals surface area (Å²) in [4.78, 5) is 17.0. The molecule has 0 atom stereocenters. The highest BCUT2D eigenvalue weighted by molar-refractivity contribution is 5.92. The lowest BCUT2D eigenvalue weighted by atomic mass is 9.95. The van der Waals surface area contributed by atoms with E-state index >= 15 is 0 Å². The molecule has 136 valence electrons. The highest BCUT2D eigenvalue weighted by Gasteiger charge is 2.19. The Bertz CT molecular complexity index is 936. The van der Waals surface area contributed by atoms with Gasteiger partial charge in [0.25, 0.3) is 5.91 Å². The van der Waals surface area contributed by atoms with Crippen LogP contribution in [0.15, 0.2) is 18.5 Å². The van der Waals surface area contributed by atoms with E-state index in [-0.39, 0.29) is 5.91 Å². The molecule has 0 unspecified atom stereocenters. The maximum Gasteiger partial charge on any atom is 0.270 e. The summed E-state index contributed by atoms with van der Waals surface area (Å²) in [6.45, 7) is 4.17. The fourth-order valence-corrected chi connectivity index (χ4v) is 3.66. The summed E-state index contributed by atoms with van der Waals surface area (Å²) in [7, 11) is 0. The number of fused-ring (bicyclic) bond motifs is 1. The van der Waals surface area contributed by atoms with Crippen LogP contribution in [0.1, 0.15) is 65.8 Å². The molecule has 0 aromatic carbocycles. The van der Waals surface area contributed by atoms with Crippen molar-refractivity contribution in [1.82, 2.24) is 34.7 Å². The SMILES string of the molecule is Cc1cc2nc(C(=O)NCc3nncn3C3CCCCC3)cc(C)n2n1. The minimum atomic E-state index is -0.215. The number of amides is 1. The molecule has 3 aromatic rings. The summed E-state index contributed by atoms with van der Waals surface area (Å²) in [5, 5.41) is 15.5. The van der Waals surface area contributed by atoms with Gasteiger partial charge in [0.2, 0.25) is 0 Å². The van der Waals surface area contributed by atoms with Gasteiger partial charge in [0.15, 0.2) is 11.5 Å². The third-order valence-corrected chi connectivity index (χ3v) is 4.98. The number of aromatic nitrogens is 6. The Morgan fingerprint density at radius 1 is 1.23 bits per heavy atom. The second-order valence-corrected chi connectivity index (χ2v) is 6.97. The van der Waals surface area contributed by atoms with E-state index in [9.17, 15) is 4.79 Å². The molecule has 1 fully saturated rings. The lowest BCUT2D eigenvalue weighted by Gasteiger charge is -2.24. The number of aryl methyl sites for hydroxylation is 2. The van der Waals surface area contributed by atoms with Crippen LogP contribution >= 0.6 is 0 Å². The molecule has 0 aliphatic heterocycles. The van der Waals surface area contributed by atoms with Gasteiger partial charge in [-0.1, -0.05) is 19.3 Å². The first-order chi connectivity index (χ1) is 12.6. The molecule has 0 bridgehead atoms. The van der Waals surface area contributed by atoms with Gasteiger partial charge in [0.05, 0.1) is 12.2 Å². The van der Waals surface area contributed by atoms with E-state index in [0.717, 1.165) is 30.1 Å². The van der Waals surface area contributed by atoms with Gasteiger partial charge in [-0.15, -0.1) is 10.2 Å². The van der Waals surface area contributed by atoms with Crippen molar-refractivity contribution in [3.05, 3.63) is 41.4 Å². The van der Waals surface area contributed by atoms with Crippen LogP contribution in [0.3, 0.4) is 0 Å². The highest BCUT2D eigenvalue weighted by atomic mass is 16.1. The van der Waals surface area contributed by atoms with Crippen molar-refractivity contribution in [1.29, 1.82) is 0 Å². The Hall–Kier alpha value is -2.77. The van der Waals surface area contributed by atoms with Crippen LogP contribution < -0.4 is 5.32 Å². The van der Waals surface area contributed by atoms with E-state index in [1.807, 2.05) is 19.9 Å². The standard InChI is InChI=1S/C18H23N7O/c1-12-8-16-21-15(9-13(2)25(16)23-12)18(26)19-10-17-22-20-11-24(17)14-6-4-3-5-7-14/h8-9,11,14H,3-7,10H2,1-2H3,(H,19,26). The van der Waals surface area contributed by atoms with E-state index in [2.05, 4.69) is 30.2 Å². The molecule has 0 spiro atoms. The molecule has 26 heavy (non-hydrogen) atoms. The van der Waals surface area contributed by atoms with Crippen molar-refractivity contribution in [3.8, 4) is 0 Å². The minimum Gasteiger partial charge on any atom is -0.343 e. The Morgan fingerprint density at radius 3 is 2.85 bits per heavy atom. The summed E-state index contributed by atoms with van der Waals surface area (Å²) in [6, 6.07) is 4.06. The Morgan fingerprint density at radius 2 is 2.04 bits per heavy atom. The van der Waals surface area contributed by atoms with Crippen LogP contribution in [0.5, 0.6) is 0 Å². The lowest BCUT2D eigenvalue weighted by molar-refractivity contribution is 0.0944.